The molecule has 1 aliphatic heterocycles. The lowest BCUT2D eigenvalue weighted by Crippen LogP contribution is -2.06. The first-order chi connectivity index (χ1) is 13.9. The molecule has 28 heavy (non-hydrogen) atoms. The van der Waals surface area contributed by atoms with Gasteiger partial charge in [-0.3, -0.25) is 0 Å². The summed E-state index contributed by atoms with van der Waals surface area (Å²) in [6, 6.07) is 26.1. The van der Waals surface area contributed by atoms with Gasteiger partial charge in [0, 0.05) is 12.5 Å². The van der Waals surface area contributed by atoms with Crippen molar-refractivity contribution in [3.63, 3.8) is 0 Å². The zero-order chi connectivity index (χ0) is 19.0. The Labute approximate surface area is 165 Å². The van der Waals surface area contributed by atoms with E-state index in [4.69, 9.17) is 18.9 Å². The van der Waals surface area contributed by atoms with Crippen molar-refractivity contribution in [1.29, 1.82) is 0 Å². The van der Waals surface area contributed by atoms with Crippen LogP contribution in [0.25, 0.3) is 0 Å². The summed E-state index contributed by atoms with van der Waals surface area (Å²) in [4.78, 5) is 0. The summed E-state index contributed by atoms with van der Waals surface area (Å²) in [6.45, 7) is 2.40. The maximum absolute atomic E-state index is 6.06. The fraction of sp³-hybridized carbons (Fsp3) is 0.250. The number of benzene rings is 3. The molecule has 3 aromatic carbocycles. The van der Waals surface area contributed by atoms with Gasteiger partial charge in [-0.05, 0) is 23.3 Å². The molecule has 0 amide bonds. The highest BCUT2D eigenvalue weighted by atomic mass is 16.6. The largest absolute Gasteiger partial charge is 0.491 e. The first-order valence-corrected chi connectivity index (χ1v) is 9.59. The van der Waals surface area contributed by atoms with Gasteiger partial charge in [-0.15, -0.1) is 0 Å². The summed E-state index contributed by atoms with van der Waals surface area (Å²) in [5, 5.41) is 0. The standard InChI is InChI=1S/C24H24O4/c1-3-7-19(8-4-1)13-14-25-24-15-21(26-17-22-18-27-22)11-12-23(24)28-16-20-9-5-2-6-10-20/h1-12,15,22H,13-14,16-18H2/t22-/m0/s1. The normalized spacial score (nSPS) is 15.1. The highest BCUT2D eigenvalue weighted by Crippen LogP contribution is 2.33. The molecule has 144 valence electrons. The Morgan fingerprint density at radius 2 is 1.46 bits per heavy atom. The Morgan fingerprint density at radius 1 is 0.750 bits per heavy atom. The zero-order valence-electron chi connectivity index (χ0n) is 15.8. The quantitative estimate of drug-likeness (QED) is 0.482. The topological polar surface area (TPSA) is 40.2 Å². The number of epoxide rings is 1. The van der Waals surface area contributed by atoms with Crippen molar-refractivity contribution < 1.29 is 18.9 Å². The van der Waals surface area contributed by atoms with Gasteiger partial charge in [0.2, 0.25) is 0 Å². The van der Waals surface area contributed by atoms with Gasteiger partial charge in [0.1, 0.15) is 25.1 Å². The Bertz CT molecular complexity index is 860. The van der Waals surface area contributed by atoms with E-state index in [1.807, 2.05) is 66.7 Å². The molecule has 1 aliphatic rings. The van der Waals surface area contributed by atoms with E-state index in [0.29, 0.717) is 31.3 Å². The maximum atomic E-state index is 6.06. The minimum Gasteiger partial charge on any atom is -0.491 e. The number of hydrogen-bond acceptors (Lipinski definition) is 4. The predicted octanol–water partition coefficient (Wildman–Crippen LogP) is 4.66. The predicted molar refractivity (Wildman–Crippen MR) is 108 cm³/mol. The first kappa shape index (κ1) is 18.4. The van der Waals surface area contributed by atoms with Crippen molar-refractivity contribution in [2.45, 2.75) is 19.1 Å². The molecule has 0 bridgehead atoms. The highest BCUT2D eigenvalue weighted by Gasteiger charge is 2.23. The second-order valence-electron chi connectivity index (χ2n) is 6.73. The van der Waals surface area contributed by atoms with Crippen LogP contribution in [0.15, 0.2) is 78.9 Å². The molecule has 0 aromatic heterocycles. The summed E-state index contributed by atoms with van der Waals surface area (Å²) >= 11 is 0. The third-order valence-corrected chi connectivity index (χ3v) is 4.48. The van der Waals surface area contributed by atoms with Crippen molar-refractivity contribution in [3.8, 4) is 17.2 Å². The molecular weight excluding hydrogens is 352 g/mol. The summed E-state index contributed by atoms with van der Waals surface area (Å²) < 4.78 is 23.1. The van der Waals surface area contributed by atoms with Gasteiger partial charge in [-0.1, -0.05) is 60.7 Å². The minimum atomic E-state index is 0.219. The van der Waals surface area contributed by atoms with Crippen molar-refractivity contribution in [1.82, 2.24) is 0 Å². The second kappa shape index (κ2) is 9.29. The second-order valence-corrected chi connectivity index (χ2v) is 6.73. The average molecular weight is 376 g/mol. The van der Waals surface area contributed by atoms with Crippen LogP contribution in [0, 0.1) is 0 Å². The van der Waals surface area contributed by atoms with E-state index in [-0.39, 0.29) is 6.10 Å². The maximum Gasteiger partial charge on any atom is 0.164 e. The lowest BCUT2D eigenvalue weighted by Gasteiger charge is -2.15. The fourth-order valence-corrected chi connectivity index (χ4v) is 2.82. The number of rotatable bonds is 10. The van der Waals surface area contributed by atoms with Crippen molar-refractivity contribution in [3.05, 3.63) is 90.0 Å². The van der Waals surface area contributed by atoms with Crippen molar-refractivity contribution in [2.75, 3.05) is 19.8 Å². The van der Waals surface area contributed by atoms with E-state index in [1.165, 1.54) is 5.56 Å². The van der Waals surface area contributed by atoms with Crippen LogP contribution >= 0.6 is 0 Å². The van der Waals surface area contributed by atoms with E-state index in [2.05, 4.69) is 12.1 Å². The molecule has 0 radical (unpaired) electrons. The van der Waals surface area contributed by atoms with Crippen LogP contribution in [0.4, 0.5) is 0 Å². The summed E-state index contributed by atoms with van der Waals surface area (Å²) in [6.07, 6.45) is 1.05. The fourth-order valence-electron chi connectivity index (χ4n) is 2.82. The van der Waals surface area contributed by atoms with Gasteiger partial charge in [0.15, 0.2) is 11.5 Å². The van der Waals surface area contributed by atoms with E-state index >= 15 is 0 Å². The molecule has 0 spiro atoms. The van der Waals surface area contributed by atoms with Crippen LogP contribution in [0.3, 0.4) is 0 Å². The van der Waals surface area contributed by atoms with E-state index in [9.17, 15) is 0 Å². The molecule has 0 aliphatic carbocycles. The molecular formula is C24H24O4. The Hall–Kier alpha value is -2.98. The van der Waals surface area contributed by atoms with Gasteiger partial charge in [-0.2, -0.15) is 0 Å². The summed E-state index contributed by atoms with van der Waals surface area (Å²) in [5.41, 5.74) is 2.36. The SMILES string of the molecule is c1ccc(CCOc2cc(OC[C@H]3CO3)ccc2OCc2ccccc2)cc1. The van der Waals surface area contributed by atoms with Crippen molar-refractivity contribution in [2.24, 2.45) is 0 Å². The van der Waals surface area contributed by atoms with Crippen LogP contribution in [-0.2, 0) is 17.8 Å². The van der Waals surface area contributed by atoms with E-state index < -0.39 is 0 Å². The Balaban J connectivity index is 1.41. The molecule has 0 saturated carbocycles. The lowest BCUT2D eigenvalue weighted by molar-refractivity contribution is 0.250. The first-order valence-electron chi connectivity index (χ1n) is 9.59. The molecule has 4 nitrogen and oxygen atoms in total. The molecule has 3 aromatic rings. The smallest absolute Gasteiger partial charge is 0.164 e. The van der Waals surface area contributed by atoms with Gasteiger partial charge in [-0.25, -0.2) is 0 Å². The Kier molecular flexibility index (Phi) is 6.10. The molecule has 1 fully saturated rings. The van der Waals surface area contributed by atoms with Crippen LogP contribution in [-0.4, -0.2) is 25.9 Å². The van der Waals surface area contributed by atoms with Gasteiger partial charge >= 0.3 is 0 Å². The van der Waals surface area contributed by atoms with Gasteiger partial charge in [0.05, 0.1) is 13.2 Å². The minimum absolute atomic E-state index is 0.219. The van der Waals surface area contributed by atoms with E-state index in [1.54, 1.807) is 0 Å². The van der Waals surface area contributed by atoms with Gasteiger partial charge in [0.25, 0.3) is 0 Å². The van der Waals surface area contributed by atoms with Crippen LogP contribution < -0.4 is 14.2 Å². The molecule has 1 heterocycles. The van der Waals surface area contributed by atoms with Crippen molar-refractivity contribution >= 4 is 0 Å². The molecule has 1 atom stereocenters. The van der Waals surface area contributed by atoms with Crippen LogP contribution in [0.1, 0.15) is 11.1 Å². The molecule has 4 rings (SSSR count). The highest BCUT2D eigenvalue weighted by molar-refractivity contribution is 5.45. The third kappa shape index (κ3) is 5.51. The lowest BCUT2D eigenvalue weighted by atomic mass is 10.2. The van der Waals surface area contributed by atoms with E-state index in [0.717, 1.165) is 24.3 Å². The molecule has 0 unspecified atom stereocenters. The number of hydrogen-bond donors (Lipinski definition) is 0. The van der Waals surface area contributed by atoms with Crippen LogP contribution in [0.2, 0.25) is 0 Å². The summed E-state index contributed by atoms with van der Waals surface area (Å²) in [5.74, 6) is 2.17. The average Bonchev–Trinajstić information content (AvgIpc) is 3.58. The summed E-state index contributed by atoms with van der Waals surface area (Å²) in [7, 11) is 0. The zero-order valence-corrected chi connectivity index (χ0v) is 15.8. The molecule has 1 saturated heterocycles. The monoisotopic (exact) mass is 376 g/mol. The molecule has 4 heteroatoms. The third-order valence-electron chi connectivity index (χ3n) is 4.48. The Morgan fingerprint density at radius 3 is 2.18 bits per heavy atom. The van der Waals surface area contributed by atoms with Crippen LogP contribution in [0.5, 0.6) is 17.2 Å². The molecule has 0 N–H and O–H groups in total. The number of ether oxygens (including phenoxy) is 4. The van der Waals surface area contributed by atoms with Gasteiger partial charge < -0.3 is 18.9 Å².